The minimum Gasteiger partial charge on any atom is -0.241 e. The molecule has 0 radical (unpaired) electrons. The van der Waals surface area contributed by atoms with Gasteiger partial charge in [-0.25, -0.2) is 4.55 Å². The third-order valence-corrected chi connectivity index (χ3v) is 4.65. The van der Waals surface area contributed by atoms with Crippen LogP contribution in [0, 0.1) is 0 Å². The van der Waals surface area contributed by atoms with Crippen molar-refractivity contribution in [3.05, 3.63) is 29.8 Å². The normalized spacial score (nSPS) is 25.2. The molecule has 1 aliphatic rings. The van der Waals surface area contributed by atoms with Crippen molar-refractivity contribution in [3.8, 4) is 0 Å². The molecule has 1 aliphatic heterocycles. The Hall–Kier alpha value is -0.910. The van der Waals surface area contributed by atoms with Gasteiger partial charge in [0.2, 0.25) is 0 Å². The summed E-state index contributed by atoms with van der Waals surface area (Å²) in [7, 11) is -4.09. The molecule has 0 spiro atoms. The number of benzene rings is 1. The van der Waals surface area contributed by atoms with Gasteiger partial charge in [0.25, 0.3) is 0 Å². The summed E-state index contributed by atoms with van der Waals surface area (Å²) in [6.45, 7) is 2.56. The van der Waals surface area contributed by atoms with Gasteiger partial charge in [0.05, 0.1) is 6.54 Å². The van der Waals surface area contributed by atoms with Gasteiger partial charge in [0.1, 0.15) is 6.54 Å². The van der Waals surface area contributed by atoms with E-state index in [4.69, 9.17) is 0 Å². The van der Waals surface area contributed by atoms with E-state index in [2.05, 4.69) is 0 Å². The first kappa shape index (κ1) is 10.6. The van der Waals surface area contributed by atoms with Gasteiger partial charge >= 0.3 is 10.3 Å². The lowest BCUT2D eigenvalue weighted by atomic mass is 10.2. The van der Waals surface area contributed by atoms with Crippen LogP contribution in [0.4, 0.5) is 5.69 Å². The van der Waals surface area contributed by atoms with E-state index in [1.54, 1.807) is 19.1 Å². The summed E-state index contributed by atoms with van der Waals surface area (Å²) in [5.41, 5.74) is 1.72. The quantitative estimate of drug-likeness (QED) is 0.614. The zero-order valence-electron chi connectivity index (χ0n) is 8.55. The average Bonchev–Trinajstić information content (AvgIpc) is 2.56. The molecule has 82 valence electrons. The lowest BCUT2D eigenvalue weighted by Gasteiger charge is -2.27. The zero-order valence-corrected chi connectivity index (χ0v) is 9.37. The highest BCUT2D eigenvalue weighted by Gasteiger charge is 2.47. The minimum atomic E-state index is -4.09. The van der Waals surface area contributed by atoms with Crippen molar-refractivity contribution in [3.63, 3.8) is 0 Å². The maximum Gasteiger partial charge on any atom is 0.437 e. The fourth-order valence-corrected chi connectivity index (χ4v) is 3.35. The molecule has 4 nitrogen and oxygen atoms in total. The first-order valence-corrected chi connectivity index (χ1v) is 6.34. The molecular weight excluding hydrogens is 214 g/mol. The number of rotatable bonds is 2. The van der Waals surface area contributed by atoms with Crippen molar-refractivity contribution in [2.75, 3.05) is 13.1 Å². The van der Waals surface area contributed by atoms with Crippen LogP contribution in [0.25, 0.3) is 0 Å². The predicted octanol–water partition coefficient (Wildman–Crippen LogP) is 1.37. The zero-order chi connectivity index (χ0) is 11.1. The second-order valence-corrected chi connectivity index (χ2v) is 5.35. The number of likely N-dealkylation sites (N-methyl/N-ethyl adjacent to an activating group) is 1. The first-order chi connectivity index (χ1) is 7.01. The number of nitrogens with zero attached hydrogens (tertiary/aromatic N) is 1. The van der Waals surface area contributed by atoms with Crippen LogP contribution in [0.3, 0.4) is 0 Å². The Morgan fingerprint density at radius 3 is 2.67 bits per heavy atom. The Balaban J connectivity index is 2.66. The Morgan fingerprint density at radius 2 is 2.07 bits per heavy atom. The average molecular weight is 228 g/mol. The smallest absolute Gasteiger partial charge is 0.241 e. The fraction of sp³-hybridized carbons (Fsp3) is 0.400. The summed E-state index contributed by atoms with van der Waals surface area (Å²) in [6, 6.07) is 7.38. The highest BCUT2D eigenvalue weighted by Crippen LogP contribution is 2.36. The van der Waals surface area contributed by atoms with Crippen molar-refractivity contribution >= 4 is 16.0 Å². The maximum absolute atomic E-state index is 11.5. The van der Waals surface area contributed by atoms with Crippen LogP contribution in [0.5, 0.6) is 0 Å². The Kier molecular flexibility index (Phi) is 2.33. The Bertz CT molecular complexity index is 483. The molecule has 1 aromatic carbocycles. The first-order valence-electron chi connectivity index (χ1n) is 4.94. The maximum atomic E-state index is 11.5. The van der Waals surface area contributed by atoms with Crippen molar-refractivity contribution in [2.45, 2.75) is 13.3 Å². The predicted molar refractivity (Wildman–Crippen MR) is 58.9 cm³/mol. The summed E-state index contributed by atoms with van der Waals surface area (Å²) < 4.78 is 32.0. The number of para-hydroxylation sites is 1. The van der Waals surface area contributed by atoms with Gasteiger partial charge in [-0.05, 0) is 6.92 Å². The van der Waals surface area contributed by atoms with Gasteiger partial charge < -0.3 is 0 Å². The molecule has 0 fully saturated rings. The van der Waals surface area contributed by atoms with Crippen LogP contribution < -0.4 is 3.89 Å². The van der Waals surface area contributed by atoms with E-state index in [1.165, 1.54) is 0 Å². The third-order valence-electron chi connectivity index (χ3n) is 3.13. The van der Waals surface area contributed by atoms with E-state index in [-0.39, 0.29) is 3.89 Å². The van der Waals surface area contributed by atoms with Crippen LogP contribution in [0.1, 0.15) is 12.5 Å². The summed E-state index contributed by atoms with van der Waals surface area (Å²) >= 11 is 0. The molecule has 5 heteroatoms. The van der Waals surface area contributed by atoms with Crippen molar-refractivity contribution in [1.29, 1.82) is 0 Å². The number of hydrogen-bond donors (Lipinski definition) is 1. The SMILES string of the molecule is CC[N+]1(S(=O)(=O)O)CCc2ccccc21. The molecule has 0 amide bonds. The van der Waals surface area contributed by atoms with Gasteiger partial charge in [-0.2, -0.15) is 3.89 Å². The Morgan fingerprint density at radius 1 is 1.40 bits per heavy atom. The molecule has 0 saturated heterocycles. The Labute approximate surface area is 89.6 Å². The topological polar surface area (TPSA) is 54.4 Å². The van der Waals surface area contributed by atoms with Gasteiger partial charge in [-0.15, -0.1) is 8.42 Å². The summed E-state index contributed by atoms with van der Waals surface area (Å²) in [5, 5.41) is 0. The van der Waals surface area contributed by atoms with Gasteiger partial charge in [0, 0.05) is 18.1 Å². The summed E-state index contributed by atoms with van der Waals surface area (Å²) in [4.78, 5) is 0. The molecule has 15 heavy (non-hydrogen) atoms. The molecule has 0 bridgehead atoms. The van der Waals surface area contributed by atoms with Crippen LogP contribution in [-0.2, 0) is 16.7 Å². The fourth-order valence-electron chi connectivity index (χ4n) is 2.27. The molecule has 1 heterocycles. The van der Waals surface area contributed by atoms with E-state index in [0.29, 0.717) is 25.2 Å². The van der Waals surface area contributed by atoms with Crippen molar-refractivity contribution in [1.82, 2.24) is 3.89 Å². The van der Waals surface area contributed by atoms with E-state index in [9.17, 15) is 13.0 Å². The minimum absolute atomic E-state index is 0.330. The van der Waals surface area contributed by atoms with E-state index < -0.39 is 10.3 Å². The van der Waals surface area contributed by atoms with Gasteiger partial charge in [0.15, 0.2) is 5.69 Å². The lowest BCUT2D eigenvalue weighted by molar-refractivity contribution is 0.372. The molecule has 1 unspecified atom stereocenters. The van der Waals surface area contributed by atoms with Crippen molar-refractivity contribution < 1.29 is 13.0 Å². The largest absolute Gasteiger partial charge is 0.437 e. The summed E-state index contributed by atoms with van der Waals surface area (Å²) in [5.74, 6) is 0. The number of hydrogen-bond acceptors (Lipinski definition) is 2. The number of fused-ring (bicyclic) bond motifs is 1. The monoisotopic (exact) mass is 228 g/mol. The molecule has 0 aromatic heterocycles. The van der Waals surface area contributed by atoms with Crippen LogP contribution in [0.2, 0.25) is 0 Å². The van der Waals surface area contributed by atoms with E-state index >= 15 is 0 Å². The second-order valence-electron chi connectivity index (χ2n) is 3.76. The van der Waals surface area contributed by atoms with Crippen LogP contribution >= 0.6 is 0 Å². The molecule has 0 aliphatic carbocycles. The molecule has 1 atom stereocenters. The van der Waals surface area contributed by atoms with Gasteiger partial charge in [-0.1, -0.05) is 18.2 Å². The highest BCUT2D eigenvalue weighted by atomic mass is 32.2. The number of quaternary nitrogens is 1. The summed E-state index contributed by atoms with van der Waals surface area (Å²) in [6.07, 6.45) is 0.698. The highest BCUT2D eigenvalue weighted by molar-refractivity contribution is 7.85. The van der Waals surface area contributed by atoms with E-state index in [1.807, 2.05) is 12.1 Å². The van der Waals surface area contributed by atoms with Crippen molar-refractivity contribution in [2.24, 2.45) is 0 Å². The molecule has 1 N–H and O–H groups in total. The van der Waals surface area contributed by atoms with Crippen LogP contribution in [-0.4, -0.2) is 26.1 Å². The molecule has 1 aromatic rings. The molecule has 0 saturated carbocycles. The van der Waals surface area contributed by atoms with E-state index in [0.717, 1.165) is 5.56 Å². The van der Waals surface area contributed by atoms with Gasteiger partial charge in [-0.3, -0.25) is 0 Å². The third kappa shape index (κ3) is 1.39. The second kappa shape index (κ2) is 3.30. The lowest BCUT2D eigenvalue weighted by Crippen LogP contribution is -2.52. The standard InChI is InChI=1S/C10H13NO3S/c1-2-11(15(12,13)14)8-7-9-5-3-4-6-10(9)11/h3-6H,2,7-8H2,1H3/p+1. The molecular formula is C10H14NO3S+. The van der Waals surface area contributed by atoms with Crippen LogP contribution in [0.15, 0.2) is 24.3 Å². The molecule has 2 rings (SSSR count).